The highest BCUT2D eigenvalue weighted by atomic mass is 35.5. The van der Waals surface area contributed by atoms with E-state index >= 15 is 0 Å². The van der Waals surface area contributed by atoms with Gasteiger partial charge in [-0.2, -0.15) is 48.3 Å². The second kappa shape index (κ2) is 8.07. The first-order valence-electron chi connectivity index (χ1n) is 7.49. The van der Waals surface area contributed by atoms with Gasteiger partial charge in [-0.05, 0) is 18.2 Å². The smallest absolute Gasteiger partial charge is 0.298 e. The van der Waals surface area contributed by atoms with Crippen LogP contribution in [0, 0.1) is 0 Å². The first kappa shape index (κ1) is 25.1. The Morgan fingerprint density at radius 2 is 1.39 bits per heavy atom. The molecule has 0 saturated carbocycles. The number of nitrogens with zero attached hydrogens (tertiary/aromatic N) is 1. The molecule has 0 fully saturated rings. The summed E-state index contributed by atoms with van der Waals surface area (Å²) in [7, 11) is 0. The zero-order chi connectivity index (χ0) is 24.0. The van der Waals surface area contributed by atoms with Crippen LogP contribution < -0.4 is 5.32 Å². The third-order valence-corrected chi connectivity index (χ3v) is 4.94. The van der Waals surface area contributed by atoms with Crippen LogP contribution in [-0.2, 0) is 24.2 Å². The van der Waals surface area contributed by atoms with Crippen molar-refractivity contribution in [3.05, 3.63) is 45.5 Å². The third kappa shape index (κ3) is 5.37. The molecule has 0 radical (unpaired) electrons. The SMILES string of the molecule is O=C(Nc1nc(C(F)(F)C(F)(F)F)c(CCl)s1)c1cc(C(F)(F)F)cc(C(F)(F)F)c1. The molecule has 0 aliphatic rings. The zero-order valence-electron chi connectivity index (χ0n) is 14.2. The fraction of sp³-hybridized carbons (Fsp3) is 0.333. The molecule has 0 spiro atoms. The molecule has 3 nitrogen and oxygen atoms in total. The maximum atomic E-state index is 13.6. The van der Waals surface area contributed by atoms with E-state index in [0.717, 1.165) is 0 Å². The molecule has 1 aromatic heterocycles. The number of aromatic nitrogens is 1. The third-order valence-electron chi connectivity index (χ3n) is 3.54. The second-order valence-corrected chi connectivity index (χ2v) is 7.10. The Morgan fingerprint density at radius 1 is 0.903 bits per heavy atom. The van der Waals surface area contributed by atoms with Crippen LogP contribution in [-0.4, -0.2) is 17.1 Å². The summed E-state index contributed by atoms with van der Waals surface area (Å²) in [4.78, 5) is 14.2. The van der Waals surface area contributed by atoms with E-state index in [4.69, 9.17) is 11.6 Å². The van der Waals surface area contributed by atoms with Crippen LogP contribution in [0.25, 0.3) is 0 Å². The number of alkyl halides is 12. The molecule has 0 aliphatic carbocycles. The number of thiazole rings is 1. The van der Waals surface area contributed by atoms with Gasteiger partial charge in [0.25, 0.3) is 5.91 Å². The number of hydrogen-bond donors (Lipinski definition) is 1. The Labute approximate surface area is 173 Å². The van der Waals surface area contributed by atoms with E-state index in [9.17, 15) is 53.1 Å². The molecule has 1 N–H and O–H groups in total. The van der Waals surface area contributed by atoms with Gasteiger partial charge in [-0.25, -0.2) is 4.98 Å². The molecular weight excluding hydrogens is 501 g/mol. The van der Waals surface area contributed by atoms with E-state index in [-0.39, 0.29) is 29.5 Å². The number of nitrogens with one attached hydrogen (secondary N) is 1. The van der Waals surface area contributed by atoms with Crippen molar-refractivity contribution in [3.8, 4) is 0 Å². The summed E-state index contributed by atoms with van der Waals surface area (Å²) in [6.07, 6.45) is -16.6. The Morgan fingerprint density at radius 3 is 1.77 bits per heavy atom. The highest BCUT2D eigenvalue weighted by molar-refractivity contribution is 7.16. The van der Waals surface area contributed by atoms with Crippen molar-refractivity contribution < 1.29 is 53.1 Å². The predicted octanol–water partition coefficient (Wildman–Crippen LogP) is 6.83. The first-order valence-corrected chi connectivity index (χ1v) is 8.84. The molecule has 0 saturated heterocycles. The number of rotatable bonds is 4. The number of carbonyl (C=O) groups is 1. The number of hydrogen-bond acceptors (Lipinski definition) is 3. The van der Waals surface area contributed by atoms with Crippen LogP contribution in [0.4, 0.5) is 53.4 Å². The molecule has 16 heteroatoms. The Hall–Kier alpha value is -2.16. The van der Waals surface area contributed by atoms with Crippen molar-refractivity contribution in [2.45, 2.75) is 30.3 Å². The van der Waals surface area contributed by atoms with Gasteiger partial charge in [0.1, 0.15) is 5.69 Å². The van der Waals surface area contributed by atoms with Gasteiger partial charge < -0.3 is 0 Å². The van der Waals surface area contributed by atoms with Crippen molar-refractivity contribution in [2.24, 2.45) is 0 Å². The highest BCUT2D eigenvalue weighted by Gasteiger charge is 2.61. The lowest BCUT2D eigenvalue weighted by atomic mass is 10.0. The van der Waals surface area contributed by atoms with Gasteiger partial charge in [0, 0.05) is 5.56 Å². The molecule has 0 aliphatic heterocycles. The summed E-state index contributed by atoms with van der Waals surface area (Å²) in [5, 5.41) is 0.669. The Kier molecular flexibility index (Phi) is 6.54. The fourth-order valence-corrected chi connectivity index (χ4v) is 3.26. The number of halogens is 12. The van der Waals surface area contributed by atoms with Crippen LogP contribution in [0.1, 0.15) is 32.1 Å². The molecule has 31 heavy (non-hydrogen) atoms. The van der Waals surface area contributed by atoms with Crippen molar-refractivity contribution in [1.82, 2.24) is 4.98 Å². The first-order chi connectivity index (χ1) is 13.9. The van der Waals surface area contributed by atoms with Gasteiger partial charge in [0.15, 0.2) is 5.13 Å². The monoisotopic (exact) mass is 506 g/mol. The van der Waals surface area contributed by atoms with Gasteiger partial charge in [-0.1, -0.05) is 11.3 Å². The lowest BCUT2D eigenvalue weighted by Gasteiger charge is -2.18. The normalized spacial score (nSPS) is 13.4. The minimum absolute atomic E-state index is 0.0455. The van der Waals surface area contributed by atoms with Gasteiger partial charge in [0.2, 0.25) is 0 Å². The van der Waals surface area contributed by atoms with E-state index < -0.39 is 68.6 Å². The van der Waals surface area contributed by atoms with Crippen LogP contribution in [0.3, 0.4) is 0 Å². The number of anilines is 1. The molecule has 1 heterocycles. The van der Waals surface area contributed by atoms with Crippen LogP contribution in [0.5, 0.6) is 0 Å². The van der Waals surface area contributed by atoms with Gasteiger partial charge in [0.05, 0.1) is 21.9 Å². The Bertz CT molecular complexity index is 947. The van der Waals surface area contributed by atoms with E-state index in [1.54, 1.807) is 5.32 Å². The second-order valence-electron chi connectivity index (χ2n) is 5.75. The topological polar surface area (TPSA) is 42.0 Å². The Balaban J connectivity index is 2.47. The quantitative estimate of drug-likeness (QED) is 0.365. The van der Waals surface area contributed by atoms with Gasteiger partial charge in [-0.3, -0.25) is 10.1 Å². The largest absolute Gasteiger partial charge is 0.459 e. The fourth-order valence-electron chi connectivity index (χ4n) is 2.13. The van der Waals surface area contributed by atoms with E-state index in [0.29, 0.717) is 0 Å². The number of amides is 1. The van der Waals surface area contributed by atoms with Crippen LogP contribution in [0.2, 0.25) is 0 Å². The lowest BCUT2D eigenvalue weighted by molar-refractivity contribution is -0.290. The number of carbonyl (C=O) groups excluding carboxylic acids is 1. The summed E-state index contributed by atoms with van der Waals surface area (Å²) in [6.45, 7) is 0. The molecule has 0 bridgehead atoms. The maximum Gasteiger partial charge on any atom is 0.459 e. The molecule has 2 rings (SSSR count). The minimum Gasteiger partial charge on any atom is -0.298 e. The maximum absolute atomic E-state index is 13.6. The predicted molar refractivity (Wildman–Crippen MR) is 86.0 cm³/mol. The summed E-state index contributed by atoms with van der Waals surface area (Å²) in [6, 6.07) is -0.161. The molecule has 0 unspecified atom stereocenters. The van der Waals surface area contributed by atoms with Crippen molar-refractivity contribution in [1.29, 1.82) is 0 Å². The van der Waals surface area contributed by atoms with Crippen molar-refractivity contribution in [2.75, 3.05) is 5.32 Å². The number of benzene rings is 1. The van der Waals surface area contributed by atoms with Crippen molar-refractivity contribution >= 4 is 34.0 Å². The summed E-state index contributed by atoms with van der Waals surface area (Å²) in [5.41, 5.74) is -6.71. The van der Waals surface area contributed by atoms with E-state index in [1.165, 1.54) is 0 Å². The minimum atomic E-state index is -6.08. The van der Waals surface area contributed by atoms with Crippen molar-refractivity contribution in [3.63, 3.8) is 0 Å². The lowest BCUT2D eigenvalue weighted by Crippen LogP contribution is -2.34. The van der Waals surface area contributed by atoms with Crippen LogP contribution in [0.15, 0.2) is 18.2 Å². The van der Waals surface area contributed by atoms with Gasteiger partial charge in [-0.15, -0.1) is 11.6 Å². The average molecular weight is 507 g/mol. The standard InChI is InChI=1S/C15H6ClF11N2OS/c16-4-8-9(12(17,18)15(25,26)27)28-11(31-8)29-10(30)5-1-6(13(19,20)21)3-7(2-5)14(22,23)24/h1-3H,4H2,(H,28,29,30). The zero-order valence-corrected chi connectivity index (χ0v) is 15.8. The highest BCUT2D eigenvalue weighted by Crippen LogP contribution is 2.47. The van der Waals surface area contributed by atoms with E-state index in [1.807, 2.05) is 0 Å². The molecule has 1 amide bonds. The molecular formula is C15H6ClF11N2OS. The average Bonchev–Trinajstić information content (AvgIpc) is 3.02. The summed E-state index contributed by atoms with van der Waals surface area (Å²) < 4.78 is 142. The summed E-state index contributed by atoms with van der Waals surface area (Å²) >= 11 is 5.35. The van der Waals surface area contributed by atoms with E-state index in [2.05, 4.69) is 4.98 Å². The summed E-state index contributed by atoms with van der Waals surface area (Å²) in [5.74, 6) is -8.03. The van der Waals surface area contributed by atoms with Crippen LogP contribution >= 0.6 is 22.9 Å². The van der Waals surface area contributed by atoms with Gasteiger partial charge >= 0.3 is 24.5 Å². The molecule has 1 aromatic carbocycles. The molecule has 2 aromatic rings. The molecule has 0 atom stereocenters. The molecule has 172 valence electrons.